The fourth-order valence-corrected chi connectivity index (χ4v) is 9.83. The maximum absolute atomic E-state index is 12.0. The van der Waals surface area contributed by atoms with Gasteiger partial charge >= 0.3 is 118 Å². The number of carbonyl (C=O) groups is 4. The van der Waals surface area contributed by atoms with Crippen molar-refractivity contribution in [3.05, 3.63) is 0 Å². The van der Waals surface area contributed by atoms with Crippen LogP contribution < -0.4 is 139 Å². The Morgan fingerprint density at radius 3 is 0.683 bits per heavy atom. The normalized spacial score (nSPS) is 12.5. The fourth-order valence-electron chi connectivity index (χ4n) is 7.54. The van der Waals surface area contributed by atoms with Crippen LogP contribution >= 0.6 is 0 Å². The molecule has 0 heterocycles. The number of unbranched alkanes of at least 4 members (excludes halogenated alkanes) is 20. The van der Waals surface area contributed by atoms with Crippen LogP contribution in [0.15, 0.2) is 0 Å². The van der Waals surface area contributed by atoms with Crippen LogP contribution in [0.2, 0.25) is 0 Å². The van der Waals surface area contributed by atoms with Gasteiger partial charge in [0.15, 0.2) is 0 Å². The van der Waals surface area contributed by atoms with Gasteiger partial charge in [-0.25, -0.2) is 0 Å². The Hall–Kier alpha value is 1.70. The van der Waals surface area contributed by atoms with Gasteiger partial charge in [0.05, 0.1) is 11.9 Å². The molecular formula is C40H72Na4O14S2. The Kier molecular flexibility index (Phi) is 51.4. The molecule has 0 aliphatic carbocycles. The summed E-state index contributed by atoms with van der Waals surface area (Å²) >= 11 is 0. The largest absolute Gasteiger partial charge is 1.00 e. The second kappa shape index (κ2) is 42.1. The third kappa shape index (κ3) is 30.8. The van der Waals surface area contributed by atoms with Crippen LogP contribution in [0.25, 0.3) is 0 Å². The minimum Gasteiger partial charge on any atom is -0.549 e. The number of hydrogen-bond acceptors (Lipinski definition) is 12. The molecule has 2 atom stereocenters. The molecule has 0 aromatic heterocycles. The van der Waals surface area contributed by atoms with Crippen LogP contribution in [0.3, 0.4) is 0 Å². The van der Waals surface area contributed by atoms with Crippen LogP contribution in [-0.4, -0.2) is 60.3 Å². The Morgan fingerprint density at radius 2 is 0.550 bits per heavy atom. The first kappa shape index (κ1) is 73.3. The molecule has 2 unspecified atom stereocenters. The number of aliphatic carboxylic acids is 4. The summed E-state index contributed by atoms with van der Waals surface area (Å²) in [4.78, 5) is 46.9. The van der Waals surface area contributed by atoms with Gasteiger partial charge in [-0.05, 0) is 25.7 Å². The second-order valence-corrected chi connectivity index (χ2v) is 18.4. The van der Waals surface area contributed by atoms with E-state index in [0.29, 0.717) is 51.4 Å². The Morgan fingerprint density at radius 1 is 0.383 bits per heavy atom. The van der Waals surface area contributed by atoms with E-state index in [9.17, 15) is 65.5 Å². The Labute approximate surface area is 451 Å². The van der Waals surface area contributed by atoms with Crippen LogP contribution in [0.4, 0.5) is 0 Å². The smallest absolute Gasteiger partial charge is 0.549 e. The standard InChI is InChI=1S/2C20H38O7S.4Na/c2*1-3-5-7-9-11-13-15-20(19(23)24,16-14-12-10-8-6-4-2)17(18(21)22)28(25,26)27;;;;/h2*17H,3-16H2,1-2H3,(H,21,22)(H,23,24)(H,25,26,27);;;;/q;;4*+1/p-4. The predicted octanol–water partition coefficient (Wildman–Crippen LogP) is -7.52. The first-order chi connectivity index (χ1) is 26.3. The fraction of sp³-hybridized carbons (Fsp3) is 0.900. The predicted molar refractivity (Wildman–Crippen MR) is 208 cm³/mol. The maximum atomic E-state index is 12.0. The van der Waals surface area contributed by atoms with Gasteiger partial charge in [0, 0.05) is 22.8 Å². The Bertz CT molecular complexity index is 1200. The van der Waals surface area contributed by atoms with E-state index in [1.165, 1.54) is 0 Å². The van der Waals surface area contributed by atoms with E-state index in [-0.39, 0.29) is 144 Å². The summed E-state index contributed by atoms with van der Waals surface area (Å²) < 4.78 is 65.7. The molecule has 0 amide bonds. The summed E-state index contributed by atoms with van der Waals surface area (Å²) in [5.74, 6) is -7.68. The van der Waals surface area contributed by atoms with Crippen LogP contribution in [0.5, 0.6) is 0 Å². The topological polar surface area (TPSA) is 269 Å². The molecule has 14 nitrogen and oxygen atoms in total. The first-order valence-corrected chi connectivity index (χ1v) is 24.0. The maximum Gasteiger partial charge on any atom is 1.00 e. The molecule has 0 saturated carbocycles. The molecule has 2 N–H and O–H groups in total. The van der Waals surface area contributed by atoms with Crippen molar-refractivity contribution in [2.75, 3.05) is 0 Å². The molecule has 0 fully saturated rings. The molecule has 0 aliphatic rings. The summed E-state index contributed by atoms with van der Waals surface area (Å²) in [6, 6.07) is 0. The van der Waals surface area contributed by atoms with E-state index < -0.39 is 65.4 Å². The third-order valence-electron chi connectivity index (χ3n) is 10.7. The van der Waals surface area contributed by atoms with E-state index in [4.69, 9.17) is 0 Å². The molecule has 60 heavy (non-hydrogen) atoms. The summed E-state index contributed by atoms with van der Waals surface area (Å²) in [5, 5.41) is 41.9. The number of hydrogen-bond donors (Lipinski definition) is 2. The van der Waals surface area contributed by atoms with Gasteiger partial charge in [-0.2, -0.15) is 16.8 Å². The molecule has 332 valence electrons. The van der Waals surface area contributed by atoms with E-state index >= 15 is 0 Å². The third-order valence-corrected chi connectivity index (χ3v) is 13.2. The van der Waals surface area contributed by atoms with Crippen molar-refractivity contribution in [2.24, 2.45) is 10.8 Å². The van der Waals surface area contributed by atoms with Crippen molar-refractivity contribution in [3.63, 3.8) is 0 Å². The number of carboxylic acid groups (broad SMARTS) is 4. The van der Waals surface area contributed by atoms with E-state index in [0.717, 1.165) is 103 Å². The first-order valence-electron chi connectivity index (χ1n) is 21.0. The molecule has 0 aromatic rings. The molecule has 0 bridgehead atoms. The summed E-state index contributed by atoms with van der Waals surface area (Å²) in [7, 11) is -10.3. The molecule has 20 heteroatoms. The minimum absolute atomic E-state index is 0. The summed E-state index contributed by atoms with van der Waals surface area (Å²) in [6.07, 6.45) is 19.1. The van der Waals surface area contributed by atoms with Gasteiger partial charge in [0.2, 0.25) is 0 Å². The van der Waals surface area contributed by atoms with Crippen LogP contribution in [-0.2, 0) is 39.4 Å². The quantitative estimate of drug-likeness (QED) is 0.0336. The number of carbonyl (C=O) groups excluding carboxylic acids is 4. The van der Waals surface area contributed by atoms with Crippen molar-refractivity contribution in [1.29, 1.82) is 0 Å². The van der Waals surface area contributed by atoms with Crippen molar-refractivity contribution in [3.8, 4) is 0 Å². The molecule has 0 saturated heterocycles. The zero-order valence-corrected chi connectivity index (χ0v) is 48.2. The van der Waals surface area contributed by atoms with Gasteiger partial charge in [-0.3, -0.25) is 9.11 Å². The molecule has 0 aromatic carbocycles. The van der Waals surface area contributed by atoms with Gasteiger partial charge in [0.25, 0.3) is 20.2 Å². The molecule has 0 radical (unpaired) electrons. The molecule has 0 spiro atoms. The van der Waals surface area contributed by atoms with Gasteiger partial charge in [-0.1, -0.05) is 182 Å². The average molecular weight is 933 g/mol. The van der Waals surface area contributed by atoms with E-state index in [1.54, 1.807) is 0 Å². The summed E-state index contributed by atoms with van der Waals surface area (Å²) in [5.41, 5.74) is -4.36. The monoisotopic (exact) mass is 932 g/mol. The van der Waals surface area contributed by atoms with E-state index in [1.807, 2.05) is 0 Å². The molecule has 0 aliphatic heterocycles. The van der Waals surface area contributed by atoms with Crippen molar-refractivity contribution < 1.29 is 184 Å². The molecule has 0 rings (SSSR count). The number of carboxylic acids is 4. The molecular weight excluding hydrogens is 861 g/mol. The second-order valence-electron chi connectivity index (χ2n) is 15.4. The van der Waals surface area contributed by atoms with Gasteiger partial charge in [0.1, 0.15) is 10.5 Å². The number of rotatable bonds is 36. The van der Waals surface area contributed by atoms with Gasteiger partial charge < -0.3 is 39.6 Å². The zero-order valence-electron chi connectivity index (χ0n) is 38.6. The van der Waals surface area contributed by atoms with E-state index in [2.05, 4.69) is 27.7 Å². The average Bonchev–Trinajstić information content (AvgIpc) is 3.08. The van der Waals surface area contributed by atoms with Crippen LogP contribution in [0.1, 0.15) is 207 Å². The van der Waals surface area contributed by atoms with Crippen LogP contribution in [0, 0.1) is 10.8 Å². The minimum atomic E-state index is -5.15. The zero-order chi connectivity index (χ0) is 43.3. The SMILES string of the molecule is CCCCCCCCC(CCCCCCCC)(C(=O)[O-])C(C(=O)[O-])S(=O)(=O)O.CCCCCCCCC(CCCCCCCC)(C(=O)[O-])C(C(=O)[O-])S(=O)(=O)O.[Na+].[Na+].[Na+].[Na+]. The van der Waals surface area contributed by atoms with Crippen molar-refractivity contribution in [1.82, 2.24) is 0 Å². The Balaban J connectivity index is -0.000000228. The van der Waals surface area contributed by atoms with Gasteiger partial charge in [-0.15, -0.1) is 0 Å². The van der Waals surface area contributed by atoms with Crippen molar-refractivity contribution >= 4 is 44.1 Å². The van der Waals surface area contributed by atoms with Crippen molar-refractivity contribution in [2.45, 2.75) is 218 Å². The summed E-state index contributed by atoms with van der Waals surface area (Å²) in [6.45, 7) is 8.27.